The number of hydrogen-bond acceptors (Lipinski definition) is 28. The number of carboxylic acid groups (broad SMARTS) is 4. The summed E-state index contributed by atoms with van der Waals surface area (Å²) in [5, 5.41) is 111. The SMILES string of the molecule is CCN(C[C@H](N)Cc1ccccc1)S(=O)(=O)N1C[C@H](CCCB(O)O)[C@](N)(C(=O)O)C1.CCN(C[C@H](N)c1ccccc1)S(=O)(=O)N1C[C@H](CCCB(O)O)[C@](N)(C(=O)O)C1.CCN([C@@H](CN)Cc1ccccc1)S(=O)(=O)N1C[C@H](CCCB(O)O)[C@](N)(C(=O)O)C1.CCN([C@@H](CN)c1ccccc1)S(=O)(=O)N1C[C@H](CCCB(O)O)[C@](N)(C(=O)O)C1. The van der Waals surface area contributed by atoms with E-state index in [-0.39, 0.29) is 156 Å². The maximum atomic E-state index is 13.5. The third-order valence-electron chi connectivity index (χ3n) is 23.0. The Bertz CT molecular complexity index is 4370. The average molecular weight is 1800 g/mol. The molecule has 4 aliphatic heterocycles. The molecule has 12 atom stereocenters. The van der Waals surface area contributed by atoms with Gasteiger partial charge in [0.2, 0.25) is 0 Å². The summed E-state index contributed by atoms with van der Waals surface area (Å²) in [6, 6.07) is 35.1. The Labute approximate surface area is 718 Å². The van der Waals surface area contributed by atoms with Crippen LogP contribution in [0.25, 0.3) is 0 Å². The van der Waals surface area contributed by atoms with Gasteiger partial charge in [-0.05, 0) is 86.1 Å². The summed E-state index contributed by atoms with van der Waals surface area (Å²) in [6.45, 7) is 6.21. The van der Waals surface area contributed by atoms with Crippen LogP contribution in [-0.4, -0.2) is 320 Å². The Morgan fingerprint density at radius 2 is 0.680 bits per heavy atom. The predicted molar refractivity (Wildman–Crippen MR) is 463 cm³/mol. The molecule has 28 N–H and O–H groups in total. The van der Waals surface area contributed by atoms with Crippen molar-refractivity contribution < 1.29 is 113 Å². The van der Waals surface area contributed by atoms with E-state index < -0.39 is 163 Å². The first-order valence-electron chi connectivity index (χ1n) is 40.8. The van der Waals surface area contributed by atoms with Crippen LogP contribution >= 0.6 is 0 Å². The van der Waals surface area contributed by atoms with Crippen molar-refractivity contribution in [2.24, 2.45) is 69.5 Å². The minimum absolute atomic E-state index is 0.0446. The molecule has 0 unspecified atom stereocenters. The zero-order valence-corrected chi connectivity index (χ0v) is 73.0. The second kappa shape index (κ2) is 48.1. The van der Waals surface area contributed by atoms with Gasteiger partial charge in [-0.15, -0.1) is 0 Å². The van der Waals surface area contributed by atoms with Gasteiger partial charge in [0.05, 0.1) is 6.04 Å². The third kappa shape index (κ3) is 28.4. The molecular formula is C74H128B4N16O24S4. The van der Waals surface area contributed by atoms with Gasteiger partial charge in [0.25, 0.3) is 40.8 Å². The molecule has 4 aromatic rings. The Morgan fingerprint density at radius 3 is 0.959 bits per heavy atom. The van der Waals surface area contributed by atoms with Crippen LogP contribution in [0.1, 0.15) is 113 Å². The van der Waals surface area contributed by atoms with Crippen LogP contribution in [0.15, 0.2) is 121 Å². The first kappa shape index (κ1) is 106. The van der Waals surface area contributed by atoms with E-state index in [1.165, 1.54) is 17.2 Å². The summed E-state index contributed by atoms with van der Waals surface area (Å²) in [4.78, 5) is 47.4. The van der Waals surface area contributed by atoms with Gasteiger partial charge in [0.15, 0.2) is 0 Å². The largest absolute Gasteiger partial charge is 0.480 e. The Hall–Kier alpha value is -6.14. The van der Waals surface area contributed by atoms with Crippen LogP contribution in [0.3, 0.4) is 0 Å². The zero-order valence-electron chi connectivity index (χ0n) is 69.8. The molecule has 122 heavy (non-hydrogen) atoms. The van der Waals surface area contributed by atoms with Crippen molar-refractivity contribution >= 4 is 93.2 Å². The topological polar surface area (TPSA) is 682 Å². The smallest absolute Gasteiger partial charge is 0.451 e. The number of likely N-dealkylation sites (N-methyl/N-ethyl adjacent to an activating group) is 4. The molecule has 0 saturated carbocycles. The summed E-state index contributed by atoms with van der Waals surface area (Å²) < 4.78 is 116. The normalized spacial score (nSPS) is 23.4. The fourth-order valence-corrected chi connectivity index (χ4v) is 23.3. The fourth-order valence-electron chi connectivity index (χ4n) is 15.9. The van der Waals surface area contributed by atoms with E-state index in [4.69, 9.17) is 86.1 Å². The lowest BCUT2D eigenvalue weighted by atomic mass is 9.78. The highest BCUT2D eigenvalue weighted by Gasteiger charge is 2.58. The average Bonchev–Trinajstić information content (AvgIpc) is 1.62. The highest BCUT2D eigenvalue weighted by molar-refractivity contribution is 7.87. The Morgan fingerprint density at radius 1 is 0.402 bits per heavy atom. The van der Waals surface area contributed by atoms with Crippen LogP contribution < -0.4 is 45.9 Å². The van der Waals surface area contributed by atoms with Crippen molar-refractivity contribution in [1.82, 2.24) is 34.4 Å². The van der Waals surface area contributed by atoms with E-state index in [1.54, 1.807) is 52.0 Å². The lowest BCUT2D eigenvalue weighted by Crippen LogP contribution is -2.56. The van der Waals surface area contributed by atoms with E-state index in [2.05, 4.69) is 0 Å². The van der Waals surface area contributed by atoms with Crippen molar-refractivity contribution in [3.8, 4) is 0 Å². The number of nitrogens with two attached hydrogens (primary N) is 8. The number of benzene rings is 4. The highest BCUT2D eigenvalue weighted by atomic mass is 32.2. The molecule has 0 aliphatic carbocycles. The summed E-state index contributed by atoms with van der Waals surface area (Å²) in [7, 11) is -22.0. The Kier molecular flexibility index (Phi) is 42.0. The first-order valence-corrected chi connectivity index (χ1v) is 46.4. The highest BCUT2D eigenvalue weighted by Crippen LogP contribution is 2.39. The van der Waals surface area contributed by atoms with Crippen LogP contribution in [-0.2, 0) is 72.9 Å². The van der Waals surface area contributed by atoms with Crippen molar-refractivity contribution in [3.63, 3.8) is 0 Å². The van der Waals surface area contributed by atoms with E-state index in [9.17, 15) is 73.3 Å². The van der Waals surface area contributed by atoms with Gasteiger partial charge < -0.3 is 106 Å². The molecule has 684 valence electrons. The molecule has 4 fully saturated rings. The summed E-state index contributed by atoms with van der Waals surface area (Å²) in [6.07, 6.45) is 3.53. The summed E-state index contributed by atoms with van der Waals surface area (Å²) >= 11 is 0. The van der Waals surface area contributed by atoms with Crippen LogP contribution in [0.4, 0.5) is 0 Å². The molecule has 0 spiro atoms. The number of hydrogen-bond donors (Lipinski definition) is 20. The van der Waals surface area contributed by atoms with E-state index >= 15 is 0 Å². The van der Waals surface area contributed by atoms with Gasteiger partial charge in [0, 0.05) is 147 Å². The van der Waals surface area contributed by atoms with E-state index in [0.29, 0.717) is 38.5 Å². The molecule has 48 heteroatoms. The molecule has 0 bridgehead atoms. The number of carboxylic acids is 4. The molecule has 4 aliphatic rings. The third-order valence-corrected chi connectivity index (χ3v) is 31.1. The molecule has 4 heterocycles. The quantitative estimate of drug-likeness (QED) is 0.0192. The standard InChI is InChI=1S/2C19H33BN4O6S.2C18H31BN4O6S/c1-2-24(17(12-21)11-15-7-4-3-5-8-15)31(29,30)23-13-16(9-6-10-20(27)28)19(22,14-23)18(25)26;1-2-23(13-17(21)11-15-7-4-3-5-8-15)31(29,30)24-12-16(9-6-10-20(27)28)19(22,14-24)18(25)26;1-2-23(16(11-20)14-7-4-3-5-8-14)30(28,29)22-12-15(9-6-10-19(26)27)18(21,13-22)17(24)25;1-2-22(12-16(20)14-7-4-3-5-8-14)30(28,29)23-11-15(9-6-10-19(26)27)18(21,13-23)17(24)25/h2*3-5,7-8,16-17,27-28H,2,6,9-14,21-22H2,1H3,(H,25,26);2*3-5,7-8,15-16,26-27H,2,6,9-13,20-21H2,1H3,(H,24,25)/t2*16-,17+,19-;2*15-,16-,18-/m0000/s1. The number of carbonyl (C=O) groups is 4. The van der Waals surface area contributed by atoms with Crippen molar-refractivity contribution in [2.75, 3.05) is 105 Å². The van der Waals surface area contributed by atoms with Gasteiger partial charge in [-0.25, -0.2) is 0 Å². The van der Waals surface area contributed by atoms with Gasteiger partial charge >= 0.3 is 52.4 Å². The van der Waals surface area contributed by atoms with Gasteiger partial charge in [0.1, 0.15) is 22.2 Å². The van der Waals surface area contributed by atoms with Crippen LogP contribution in [0.2, 0.25) is 25.3 Å². The molecule has 4 aromatic carbocycles. The monoisotopic (exact) mass is 1800 g/mol. The number of aliphatic carboxylic acids is 4. The maximum absolute atomic E-state index is 13.5. The number of nitrogens with zero attached hydrogens (tertiary/aromatic N) is 8. The summed E-state index contributed by atoms with van der Waals surface area (Å²) in [5.41, 5.74) is 45.3. The van der Waals surface area contributed by atoms with E-state index in [1.807, 2.05) is 97.1 Å². The predicted octanol–water partition coefficient (Wildman–Crippen LogP) is -3.38. The zero-order chi connectivity index (χ0) is 91.5. The van der Waals surface area contributed by atoms with Gasteiger partial charge in [-0.3, -0.25) is 19.2 Å². The van der Waals surface area contributed by atoms with Gasteiger partial charge in [-0.2, -0.15) is 68.1 Å². The number of rotatable bonds is 46. The molecule has 4 saturated heterocycles. The lowest BCUT2D eigenvalue weighted by Gasteiger charge is -2.33. The van der Waals surface area contributed by atoms with Crippen molar-refractivity contribution in [1.29, 1.82) is 0 Å². The fraction of sp³-hybridized carbons (Fsp3) is 0.622. The second-order valence-electron chi connectivity index (χ2n) is 31.5. The molecule has 8 rings (SSSR count). The minimum atomic E-state index is -4.04. The lowest BCUT2D eigenvalue weighted by molar-refractivity contribution is -0.145. The first-order chi connectivity index (χ1) is 57.1. The maximum Gasteiger partial charge on any atom is 0.451 e. The second-order valence-corrected chi connectivity index (χ2v) is 39.2. The molecule has 0 amide bonds. The molecular weight excluding hydrogens is 1670 g/mol. The van der Waals surface area contributed by atoms with Crippen LogP contribution in [0, 0.1) is 23.7 Å². The molecule has 0 radical (unpaired) electrons. The van der Waals surface area contributed by atoms with Crippen molar-refractivity contribution in [3.05, 3.63) is 144 Å². The summed E-state index contributed by atoms with van der Waals surface area (Å²) in [5.74, 6) is -7.71. The van der Waals surface area contributed by atoms with Crippen molar-refractivity contribution in [2.45, 2.75) is 164 Å². The van der Waals surface area contributed by atoms with Crippen LogP contribution in [0.5, 0.6) is 0 Å². The minimum Gasteiger partial charge on any atom is -0.480 e. The van der Waals surface area contributed by atoms with Gasteiger partial charge in [-0.1, -0.05) is 175 Å². The molecule has 40 nitrogen and oxygen atoms in total. The Balaban J connectivity index is 0.000000289. The van der Waals surface area contributed by atoms with E-state index in [0.717, 1.165) is 39.5 Å². The molecule has 0 aromatic heterocycles.